The Labute approximate surface area is 143 Å². The van der Waals surface area contributed by atoms with Crippen molar-refractivity contribution in [3.8, 4) is 11.3 Å². The van der Waals surface area contributed by atoms with Crippen molar-refractivity contribution in [3.63, 3.8) is 0 Å². The number of nitrogens with zero attached hydrogens (tertiary/aromatic N) is 3. The molecule has 7 heteroatoms. The second kappa shape index (κ2) is 5.69. The molecule has 1 aromatic heterocycles. The third-order valence-corrected chi connectivity index (χ3v) is 5.64. The molecular weight excluding hydrogens is 331 g/mol. The molecule has 0 amide bonds. The van der Waals surface area contributed by atoms with Gasteiger partial charge in [-0.15, -0.1) is 10.2 Å². The molecule has 1 N–H and O–H groups in total. The van der Waals surface area contributed by atoms with Crippen LogP contribution in [-0.4, -0.2) is 40.7 Å². The fraction of sp³-hybridized carbons (Fsp3) is 0.444. The molecule has 1 spiro atoms. The molecule has 0 bridgehead atoms. The maximum absolute atomic E-state index is 15.1. The van der Waals surface area contributed by atoms with Crippen LogP contribution < -0.4 is 4.90 Å². The van der Waals surface area contributed by atoms with E-state index in [1.165, 1.54) is 12.1 Å². The summed E-state index contributed by atoms with van der Waals surface area (Å²) in [6.45, 7) is -0.00676. The van der Waals surface area contributed by atoms with Crippen LogP contribution in [0.25, 0.3) is 11.3 Å². The Bertz CT molecular complexity index is 763. The van der Waals surface area contributed by atoms with E-state index in [1.54, 1.807) is 11.0 Å². The maximum atomic E-state index is 15.1. The molecule has 2 aromatic rings. The Kier molecular flexibility index (Phi) is 3.72. The van der Waals surface area contributed by atoms with E-state index in [0.29, 0.717) is 12.4 Å². The van der Waals surface area contributed by atoms with Gasteiger partial charge in [-0.05, 0) is 37.1 Å². The minimum atomic E-state index is -1.65. The second-order valence-electron chi connectivity index (χ2n) is 6.99. The summed E-state index contributed by atoms with van der Waals surface area (Å²) in [5, 5.41) is 17.5. The van der Waals surface area contributed by atoms with Crippen LogP contribution in [-0.2, 0) is 0 Å². The highest BCUT2D eigenvalue weighted by atomic mass is 19.1. The predicted octanol–water partition coefficient (Wildman–Crippen LogP) is 3.11. The largest absolute Gasteiger partial charge is 0.393 e. The van der Waals surface area contributed by atoms with E-state index in [2.05, 4.69) is 10.2 Å². The normalized spacial score (nSPS) is 24.6. The van der Waals surface area contributed by atoms with Crippen molar-refractivity contribution in [3.05, 3.63) is 42.0 Å². The Balaban J connectivity index is 1.61. The van der Waals surface area contributed by atoms with E-state index in [0.717, 1.165) is 31.4 Å². The summed E-state index contributed by atoms with van der Waals surface area (Å²) in [4.78, 5) is 1.75. The maximum Gasteiger partial charge on any atom is 0.158 e. The summed E-state index contributed by atoms with van der Waals surface area (Å²) in [6, 6.07) is 6.67. The first-order chi connectivity index (χ1) is 12.0. The van der Waals surface area contributed by atoms with Crippen molar-refractivity contribution in [2.75, 3.05) is 24.6 Å². The van der Waals surface area contributed by atoms with Gasteiger partial charge in [-0.2, -0.15) is 0 Å². The number of aromatic nitrogens is 2. The van der Waals surface area contributed by atoms with Gasteiger partial charge in [0.1, 0.15) is 11.6 Å². The molecule has 1 atom stereocenters. The van der Waals surface area contributed by atoms with Crippen LogP contribution in [0.4, 0.5) is 19.0 Å². The van der Waals surface area contributed by atoms with Gasteiger partial charge in [0, 0.05) is 12.0 Å². The molecule has 2 heterocycles. The fourth-order valence-electron chi connectivity index (χ4n) is 3.99. The summed E-state index contributed by atoms with van der Waals surface area (Å²) in [6.07, 6.45) is 2.44. The second-order valence-corrected chi connectivity index (χ2v) is 6.99. The molecule has 4 rings (SSSR count). The van der Waals surface area contributed by atoms with Gasteiger partial charge in [-0.1, -0.05) is 12.5 Å². The Morgan fingerprint density at radius 1 is 1.04 bits per heavy atom. The molecule has 2 fully saturated rings. The number of aliphatic hydroxyl groups excluding tert-OH is 1. The van der Waals surface area contributed by atoms with Crippen LogP contribution in [0.1, 0.15) is 19.3 Å². The van der Waals surface area contributed by atoms with Crippen LogP contribution in [0, 0.1) is 17.0 Å². The summed E-state index contributed by atoms with van der Waals surface area (Å²) in [5.41, 5.74) is -2.32. The minimum Gasteiger partial charge on any atom is -0.393 e. The third kappa shape index (κ3) is 2.40. The average Bonchev–Trinajstić information content (AvgIpc) is 2.90. The zero-order chi connectivity index (χ0) is 17.7. The molecule has 0 radical (unpaired) electrons. The van der Waals surface area contributed by atoms with Gasteiger partial charge in [0.05, 0.1) is 24.4 Å². The minimum absolute atomic E-state index is 0.0472. The third-order valence-electron chi connectivity index (χ3n) is 5.64. The molecule has 4 nitrogen and oxygen atoms in total. The number of hydrogen-bond donors (Lipinski definition) is 1. The molecule has 25 heavy (non-hydrogen) atoms. The van der Waals surface area contributed by atoms with Gasteiger partial charge < -0.3 is 10.0 Å². The number of hydrogen-bond acceptors (Lipinski definition) is 4. The molecule has 1 aromatic carbocycles. The lowest BCUT2D eigenvalue weighted by Gasteiger charge is -2.45. The fourth-order valence-corrected chi connectivity index (χ4v) is 3.99. The van der Waals surface area contributed by atoms with E-state index in [-0.39, 0.29) is 17.8 Å². The molecule has 2 aliphatic rings. The van der Waals surface area contributed by atoms with Crippen LogP contribution >= 0.6 is 0 Å². The van der Waals surface area contributed by atoms with Crippen molar-refractivity contribution >= 4 is 5.82 Å². The number of anilines is 1. The van der Waals surface area contributed by atoms with Gasteiger partial charge in [-0.25, -0.2) is 13.2 Å². The molecule has 1 unspecified atom stereocenters. The van der Waals surface area contributed by atoms with Gasteiger partial charge >= 0.3 is 0 Å². The first-order valence-corrected chi connectivity index (χ1v) is 8.31. The quantitative estimate of drug-likeness (QED) is 0.925. The van der Waals surface area contributed by atoms with Crippen molar-refractivity contribution in [1.82, 2.24) is 10.2 Å². The monoisotopic (exact) mass is 349 g/mol. The lowest BCUT2D eigenvalue weighted by molar-refractivity contribution is -0.0588. The van der Waals surface area contributed by atoms with Crippen LogP contribution in [0.15, 0.2) is 30.3 Å². The topological polar surface area (TPSA) is 49.2 Å². The number of alkyl halides is 1. The summed E-state index contributed by atoms with van der Waals surface area (Å²) < 4.78 is 42.8. The van der Waals surface area contributed by atoms with Crippen molar-refractivity contribution in [1.29, 1.82) is 0 Å². The molecule has 132 valence electrons. The predicted molar refractivity (Wildman–Crippen MR) is 86.8 cm³/mol. The molecule has 1 saturated heterocycles. The highest BCUT2D eigenvalue weighted by Crippen LogP contribution is 2.56. The van der Waals surface area contributed by atoms with Gasteiger partial charge in [0.25, 0.3) is 0 Å². The van der Waals surface area contributed by atoms with Crippen molar-refractivity contribution < 1.29 is 18.3 Å². The smallest absolute Gasteiger partial charge is 0.158 e. The summed E-state index contributed by atoms with van der Waals surface area (Å²) in [5.74, 6) is -0.973. The van der Waals surface area contributed by atoms with Crippen molar-refractivity contribution in [2.24, 2.45) is 5.41 Å². The van der Waals surface area contributed by atoms with Crippen LogP contribution in [0.3, 0.4) is 0 Å². The van der Waals surface area contributed by atoms with Gasteiger partial charge in [0.2, 0.25) is 0 Å². The zero-order valence-electron chi connectivity index (χ0n) is 13.6. The average molecular weight is 349 g/mol. The standard InChI is InChI=1S/C18H18F3N3O/c19-12-3-1-4-13(20)16(12)14-5-6-15(23-22-14)24-9-17(7-2-8-17)18(21,10-24)11-25/h1,3-6,25H,2,7-11H2. The Hall–Kier alpha value is -2.15. The number of halogens is 3. The van der Waals surface area contributed by atoms with E-state index >= 15 is 4.39 Å². The number of rotatable bonds is 3. The zero-order valence-corrected chi connectivity index (χ0v) is 13.6. The Morgan fingerprint density at radius 3 is 2.24 bits per heavy atom. The van der Waals surface area contributed by atoms with Gasteiger partial charge in [-0.3, -0.25) is 0 Å². The first kappa shape index (κ1) is 16.3. The molecular formula is C18H18F3N3O. The molecule has 1 aliphatic heterocycles. The number of benzene rings is 1. The highest BCUT2D eigenvalue weighted by molar-refractivity contribution is 5.61. The lowest BCUT2D eigenvalue weighted by atomic mass is 9.61. The van der Waals surface area contributed by atoms with Gasteiger partial charge in [0.15, 0.2) is 11.5 Å². The summed E-state index contributed by atoms with van der Waals surface area (Å²) in [7, 11) is 0. The SMILES string of the molecule is OCC1(F)CN(c2ccc(-c3c(F)cccc3F)nn2)CC12CCC2. The molecule has 1 saturated carbocycles. The number of aliphatic hydroxyl groups is 1. The van der Waals surface area contributed by atoms with Crippen LogP contribution in [0.2, 0.25) is 0 Å². The Morgan fingerprint density at radius 2 is 1.76 bits per heavy atom. The molecule has 1 aliphatic carbocycles. The first-order valence-electron chi connectivity index (χ1n) is 8.31. The van der Waals surface area contributed by atoms with Crippen molar-refractivity contribution in [2.45, 2.75) is 24.9 Å². The van der Waals surface area contributed by atoms with E-state index in [4.69, 9.17) is 0 Å². The lowest BCUT2D eigenvalue weighted by Crippen LogP contribution is -2.50. The van der Waals surface area contributed by atoms with Crippen LogP contribution in [0.5, 0.6) is 0 Å². The van der Waals surface area contributed by atoms with E-state index in [9.17, 15) is 13.9 Å². The summed E-state index contributed by atoms with van der Waals surface area (Å²) >= 11 is 0. The van der Waals surface area contributed by atoms with E-state index < -0.39 is 29.3 Å². The van der Waals surface area contributed by atoms with E-state index in [1.807, 2.05) is 0 Å². The highest BCUT2D eigenvalue weighted by Gasteiger charge is 2.61.